The first-order valence-corrected chi connectivity index (χ1v) is 14.0. The number of hydrogen-bond acceptors (Lipinski definition) is 7. The molecule has 2 aliphatic heterocycles. The molecule has 10 heteroatoms. The summed E-state index contributed by atoms with van der Waals surface area (Å²) in [5.41, 5.74) is 1.63. The summed E-state index contributed by atoms with van der Waals surface area (Å²) < 4.78 is 44.0. The third-order valence-electron chi connectivity index (χ3n) is 6.75. The molecule has 0 bridgehead atoms. The van der Waals surface area contributed by atoms with E-state index in [1.54, 1.807) is 25.3 Å². The minimum absolute atomic E-state index is 0.00209. The molecule has 0 aromatic heterocycles. The second kappa shape index (κ2) is 12.6. The van der Waals surface area contributed by atoms with Crippen molar-refractivity contribution >= 4 is 22.0 Å². The number of methoxy groups -OCH3 is 2. The number of carbonyl (C=O) groups is 1. The third-order valence-corrected chi connectivity index (χ3v) is 8.67. The van der Waals surface area contributed by atoms with E-state index in [9.17, 15) is 13.2 Å². The Morgan fingerprint density at radius 2 is 1.73 bits per heavy atom. The first-order chi connectivity index (χ1) is 17.9. The van der Waals surface area contributed by atoms with E-state index in [0.29, 0.717) is 38.4 Å². The van der Waals surface area contributed by atoms with Crippen LogP contribution >= 0.6 is 0 Å². The number of ether oxygens (including phenoxy) is 3. The highest BCUT2D eigenvalue weighted by molar-refractivity contribution is 7.89. The SMILES string of the molecule is COc1ccccc1[C@H](CNC(=O)/C=C/c1ccc(OC)c(S(=O)(=O)N2CCOCC2)c1)N1CCCC1. The van der Waals surface area contributed by atoms with Gasteiger partial charge in [0, 0.05) is 31.3 Å². The lowest BCUT2D eigenvalue weighted by atomic mass is 10.0. The number of benzene rings is 2. The average Bonchev–Trinajstić information content (AvgIpc) is 3.47. The molecule has 1 amide bonds. The number of nitrogens with zero attached hydrogens (tertiary/aromatic N) is 2. The standard InChI is InChI=1S/C27H35N3O6S/c1-34-24-8-4-3-7-22(24)23(29-13-5-6-14-29)20-28-27(31)12-10-21-9-11-25(35-2)26(19-21)37(32,33)30-15-17-36-18-16-30/h3-4,7-12,19,23H,5-6,13-18,20H2,1-2H3,(H,28,31)/b12-10+/t23-/m0/s1. The quantitative estimate of drug-likeness (QED) is 0.473. The summed E-state index contributed by atoms with van der Waals surface area (Å²) >= 11 is 0. The molecule has 2 saturated heterocycles. The molecule has 37 heavy (non-hydrogen) atoms. The van der Waals surface area contributed by atoms with Gasteiger partial charge in [-0.1, -0.05) is 24.3 Å². The largest absolute Gasteiger partial charge is 0.496 e. The maximum absolute atomic E-state index is 13.2. The van der Waals surface area contributed by atoms with Crippen molar-refractivity contribution in [2.75, 3.05) is 60.2 Å². The number of amides is 1. The molecule has 4 rings (SSSR count). The molecule has 0 aliphatic carbocycles. The van der Waals surface area contributed by atoms with Crippen LogP contribution in [0.4, 0.5) is 0 Å². The summed E-state index contributed by atoms with van der Waals surface area (Å²) in [4.78, 5) is 15.2. The highest BCUT2D eigenvalue weighted by Crippen LogP contribution is 2.31. The molecule has 2 aliphatic rings. The second-order valence-corrected chi connectivity index (χ2v) is 10.9. The lowest BCUT2D eigenvalue weighted by molar-refractivity contribution is -0.116. The maximum atomic E-state index is 13.2. The van der Waals surface area contributed by atoms with Crippen molar-refractivity contribution in [2.45, 2.75) is 23.8 Å². The molecule has 2 heterocycles. The Labute approximate surface area is 219 Å². The van der Waals surface area contributed by atoms with E-state index < -0.39 is 10.0 Å². The first-order valence-electron chi connectivity index (χ1n) is 12.5. The van der Waals surface area contributed by atoms with Crippen LogP contribution in [0.15, 0.2) is 53.4 Å². The van der Waals surface area contributed by atoms with Crippen molar-refractivity contribution in [3.05, 3.63) is 59.7 Å². The van der Waals surface area contributed by atoms with Crippen LogP contribution in [-0.4, -0.2) is 83.7 Å². The molecule has 0 saturated carbocycles. The van der Waals surface area contributed by atoms with Crippen molar-refractivity contribution in [1.29, 1.82) is 0 Å². The Morgan fingerprint density at radius 3 is 2.43 bits per heavy atom. The van der Waals surface area contributed by atoms with Crippen LogP contribution in [0.3, 0.4) is 0 Å². The average molecular weight is 530 g/mol. The summed E-state index contributed by atoms with van der Waals surface area (Å²) in [7, 11) is -0.662. The molecule has 1 atom stereocenters. The van der Waals surface area contributed by atoms with Gasteiger partial charge in [0.15, 0.2) is 0 Å². The smallest absolute Gasteiger partial charge is 0.246 e. The summed E-state index contributed by atoms with van der Waals surface area (Å²) in [5, 5.41) is 3.01. The fourth-order valence-electron chi connectivity index (χ4n) is 4.78. The zero-order valence-electron chi connectivity index (χ0n) is 21.4. The molecule has 0 unspecified atom stereocenters. The van der Waals surface area contributed by atoms with Crippen molar-refractivity contribution in [3.8, 4) is 11.5 Å². The van der Waals surface area contributed by atoms with Crippen LogP contribution in [0.2, 0.25) is 0 Å². The van der Waals surface area contributed by atoms with Crippen molar-refractivity contribution in [2.24, 2.45) is 0 Å². The predicted molar refractivity (Wildman–Crippen MR) is 141 cm³/mol. The zero-order valence-corrected chi connectivity index (χ0v) is 22.2. The number of sulfonamides is 1. The number of morpholine rings is 1. The monoisotopic (exact) mass is 529 g/mol. The number of para-hydroxylation sites is 1. The number of hydrogen-bond donors (Lipinski definition) is 1. The van der Waals surface area contributed by atoms with Crippen LogP contribution in [0.25, 0.3) is 6.08 Å². The van der Waals surface area contributed by atoms with Crippen LogP contribution in [-0.2, 0) is 19.6 Å². The van der Waals surface area contributed by atoms with Gasteiger partial charge in [0.05, 0.1) is 33.5 Å². The Kier molecular flexibility index (Phi) is 9.20. The van der Waals surface area contributed by atoms with Crippen molar-refractivity contribution in [3.63, 3.8) is 0 Å². The van der Waals surface area contributed by atoms with Gasteiger partial charge >= 0.3 is 0 Å². The molecule has 200 valence electrons. The molecule has 1 N–H and O–H groups in total. The van der Waals surface area contributed by atoms with E-state index >= 15 is 0 Å². The Morgan fingerprint density at radius 1 is 1.03 bits per heavy atom. The van der Waals surface area contributed by atoms with E-state index in [-0.39, 0.29) is 22.6 Å². The minimum Gasteiger partial charge on any atom is -0.496 e. The molecule has 9 nitrogen and oxygen atoms in total. The van der Waals surface area contributed by atoms with Gasteiger partial charge in [0.25, 0.3) is 0 Å². The van der Waals surface area contributed by atoms with Gasteiger partial charge in [-0.25, -0.2) is 8.42 Å². The molecule has 0 radical (unpaired) electrons. The maximum Gasteiger partial charge on any atom is 0.246 e. The predicted octanol–water partition coefficient (Wildman–Crippen LogP) is 2.69. The molecule has 0 spiro atoms. The van der Waals surface area contributed by atoms with Crippen LogP contribution in [0, 0.1) is 0 Å². The fourth-order valence-corrected chi connectivity index (χ4v) is 6.38. The summed E-state index contributed by atoms with van der Waals surface area (Å²) in [6.07, 6.45) is 5.30. The first kappa shape index (κ1) is 27.1. The summed E-state index contributed by atoms with van der Waals surface area (Å²) in [6, 6.07) is 12.8. The number of likely N-dealkylation sites (tertiary alicyclic amines) is 1. The molecular weight excluding hydrogens is 494 g/mol. The van der Waals surface area contributed by atoms with Gasteiger partial charge in [-0.2, -0.15) is 4.31 Å². The van der Waals surface area contributed by atoms with Gasteiger partial charge < -0.3 is 19.5 Å². The van der Waals surface area contributed by atoms with Gasteiger partial charge in [0.2, 0.25) is 15.9 Å². The van der Waals surface area contributed by atoms with Gasteiger partial charge in [-0.3, -0.25) is 9.69 Å². The van der Waals surface area contributed by atoms with E-state index in [1.807, 2.05) is 24.3 Å². The summed E-state index contributed by atoms with van der Waals surface area (Å²) in [5.74, 6) is 0.808. The van der Waals surface area contributed by atoms with Gasteiger partial charge in [0.1, 0.15) is 16.4 Å². The highest BCUT2D eigenvalue weighted by Gasteiger charge is 2.29. The molecule has 2 aromatic carbocycles. The van der Waals surface area contributed by atoms with E-state index in [4.69, 9.17) is 14.2 Å². The van der Waals surface area contributed by atoms with Crippen LogP contribution < -0.4 is 14.8 Å². The Bertz CT molecular complexity index is 1200. The summed E-state index contributed by atoms with van der Waals surface area (Å²) in [6.45, 7) is 3.67. The number of rotatable bonds is 10. The zero-order chi connectivity index (χ0) is 26.3. The number of nitrogens with one attached hydrogen (secondary N) is 1. The lowest BCUT2D eigenvalue weighted by Crippen LogP contribution is -2.40. The van der Waals surface area contributed by atoms with Gasteiger partial charge in [-0.05, 0) is 55.8 Å². The Balaban J connectivity index is 1.47. The van der Waals surface area contributed by atoms with E-state index in [1.165, 1.54) is 23.6 Å². The van der Waals surface area contributed by atoms with E-state index in [0.717, 1.165) is 37.2 Å². The van der Waals surface area contributed by atoms with Crippen LogP contribution in [0.1, 0.15) is 30.0 Å². The molecule has 2 fully saturated rings. The topological polar surface area (TPSA) is 97.4 Å². The second-order valence-electron chi connectivity index (χ2n) is 9.01. The van der Waals surface area contributed by atoms with Crippen LogP contribution in [0.5, 0.6) is 11.5 Å². The van der Waals surface area contributed by atoms with Crippen molar-refractivity contribution in [1.82, 2.24) is 14.5 Å². The normalized spacial score (nSPS) is 18.1. The van der Waals surface area contributed by atoms with Gasteiger partial charge in [-0.15, -0.1) is 0 Å². The number of carbonyl (C=O) groups excluding carboxylic acids is 1. The Hall–Kier alpha value is -2.92. The fraction of sp³-hybridized carbons (Fsp3) is 0.444. The lowest BCUT2D eigenvalue weighted by Gasteiger charge is -2.29. The van der Waals surface area contributed by atoms with Crippen molar-refractivity contribution < 1.29 is 27.4 Å². The highest BCUT2D eigenvalue weighted by atomic mass is 32.2. The van der Waals surface area contributed by atoms with E-state index in [2.05, 4.69) is 10.2 Å². The minimum atomic E-state index is -3.76. The molecular formula is C27H35N3O6S. The molecule has 2 aromatic rings. The third kappa shape index (κ3) is 6.51.